The predicted octanol–water partition coefficient (Wildman–Crippen LogP) is 2.51. The average molecular weight is 425 g/mol. The Morgan fingerprint density at radius 1 is 1.13 bits per heavy atom. The molecule has 0 saturated carbocycles. The number of hydrogen-bond acceptors (Lipinski definition) is 6. The highest BCUT2D eigenvalue weighted by atomic mass is 32.2. The molecule has 2 saturated heterocycles. The third kappa shape index (κ3) is 3.65. The average Bonchev–Trinajstić information content (AvgIpc) is 3.10. The second-order valence-electron chi connectivity index (χ2n) is 8.21. The zero-order valence-corrected chi connectivity index (χ0v) is 17.4. The van der Waals surface area contributed by atoms with Crippen molar-refractivity contribution in [3.8, 4) is 0 Å². The van der Waals surface area contributed by atoms with Crippen molar-refractivity contribution < 1.29 is 14.3 Å². The van der Waals surface area contributed by atoms with Crippen LogP contribution in [0.1, 0.15) is 29.6 Å². The number of carbonyl (C=O) groups excluding carboxylic acids is 2. The van der Waals surface area contributed by atoms with Crippen molar-refractivity contribution >= 4 is 29.3 Å². The number of nitrogens with zero attached hydrogens (tertiary/aromatic N) is 2. The molecule has 1 aromatic heterocycles. The van der Waals surface area contributed by atoms with Gasteiger partial charge in [-0.3, -0.25) is 14.6 Å². The van der Waals surface area contributed by atoms with E-state index in [9.17, 15) is 9.59 Å². The Balaban J connectivity index is 1.19. The first-order chi connectivity index (χ1) is 14.6. The van der Waals surface area contributed by atoms with E-state index in [-0.39, 0.29) is 17.4 Å². The maximum Gasteiger partial charge on any atom is 0.255 e. The van der Waals surface area contributed by atoms with Crippen LogP contribution < -0.4 is 10.6 Å². The van der Waals surface area contributed by atoms with Crippen LogP contribution >= 0.6 is 11.8 Å². The zero-order valence-electron chi connectivity index (χ0n) is 16.6. The van der Waals surface area contributed by atoms with Gasteiger partial charge in [-0.05, 0) is 37.1 Å². The molecule has 8 heteroatoms. The van der Waals surface area contributed by atoms with E-state index >= 15 is 0 Å². The van der Waals surface area contributed by atoms with Crippen LogP contribution in [0, 0.1) is 0 Å². The van der Waals surface area contributed by atoms with Crippen LogP contribution in [0.25, 0.3) is 0 Å². The monoisotopic (exact) mass is 424 g/mol. The fourth-order valence-electron chi connectivity index (χ4n) is 4.61. The second-order valence-corrected chi connectivity index (χ2v) is 9.26. The molecule has 0 bridgehead atoms. The van der Waals surface area contributed by atoms with E-state index in [0.717, 1.165) is 23.4 Å². The molecule has 2 amide bonds. The summed E-state index contributed by atoms with van der Waals surface area (Å²) in [5.41, 5.74) is 0.634. The first kappa shape index (κ1) is 19.4. The number of carbonyl (C=O) groups is 2. The molecule has 7 nitrogen and oxygen atoms in total. The van der Waals surface area contributed by atoms with Crippen molar-refractivity contribution in [1.29, 1.82) is 0 Å². The van der Waals surface area contributed by atoms with Crippen LogP contribution in [0.4, 0.5) is 5.69 Å². The van der Waals surface area contributed by atoms with Gasteiger partial charge in [0.15, 0.2) is 0 Å². The van der Waals surface area contributed by atoms with Crippen molar-refractivity contribution in [2.24, 2.45) is 0 Å². The van der Waals surface area contributed by atoms with E-state index in [4.69, 9.17) is 4.74 Å². The summed E-state index contributed by atoms with van der Waals surface area (Å²) in [6.45, 7) is 1.78. The molecular weight excluding hydrogens is 400 g/mol. The van der Waals surface area contributed by atoms with Crippen LogP contribution in [0.15, 0.2) is 53.7 Å². The fraction of sp³-hybridized carbons (Fsp3) is 0.409. The number of thioether (sulfide) groups is 1. The lowest BCUT2D eigenvalue weighted by molar-refractivity contribution is -0.133. The highest BCUT2D eigenvalue weighted by Crippen LogP contribution is 2.42. The molecule has 0 radical (unpaired) electrons. The Kier molecular flexibility index (Phi) is 4.91. The van der Waals surface area contributed by atoms with Crippen molar-refractivity contribution in [1.82, 2.24) is 15.2 Å². The zero-order chi connectivity index (χ0) is 20.6. The number of pyridine rings is 1. The molecule has 5 rings (SSSR count). The standard InChI is InChI=1S/C22H24N4O3S/c27-19(13-30-16-5-9-23-10-6-16)26-11-7-21(8-12-26)14-22(15-29-21)24-18-4-2-1-3-17(18)20(28)25-22/h1-6,9-10,24H,7-8,11-15H2,(H,25,28). The van der Waals surface area contributed by atoms with Gasteiger partial charge in [-0.15, -0.1) is 11.8 Å². The van der Waals surface area contributed by atoms with Gasteiger partial charge in [0.2, 0.25) is 5.91 Å². The minimum absolute atomic E-state index is 0.0641. The van der Waals surface area contributed by atoms with E-state index < -0.39 is 5.66 Å². The number of ether oxygens (including phenoxy) is 1. The number of nitrogens with one attached hydrogen (secondary N) is 2. The summed E-state index contributed by atoms with van der Waals surface area (Å²) in [6, 6.07) is 11.4. The number of amides is 2. The molecule has 156 valence electrons. The molecule has 1 aromatic carbocycles. The van der Waals surface area contributed by atoms with Gasteiger partial charge in [0, 0.05) is 42.5 Å². The first-order valence-electron chi connectivity index (χ1n) is 10.2. The van der Waals surface area contributed by atoms with Gasteiger partial charge in [0.25, 0.3) is 5.91 Å². The number of para-hydroxylation sites is 1. The molecule has 3 aliphatic heterocycles. The number of benzene rings is 1. The van der Waals surface area contributed by atoms with Crippen molar-refractivity contribution in [3.05, 3.63) is 54.4 Å². The normalized spacial score (nSPS) is 24.4. The number of anilines is 1. The van der Waals surface area contributed by atoms with Crippen molar-refractivity contribution in [2.75, 3.05) is 30.8 Å². The van der Waals surface area contributed by atoms with Crippen molar-refractivity contribution in [3.63, 3.8) is 0 Å². The van der Waals surface area contributed by atoms with Gasteiger partial charge in [-0.25, -0.2) is 0 Å². The Morgan fingerprint density at radius 3 is 2.70 bits per heavy atom. The topological polar surface area (TPSA) is 83.6 Å². The van der Waals surface area contributed by atoms with E-state index in [1.165, 1.54) is 11.8 Å². The summed E-state index contributed by atoms with van der Waals surface area (Å²) in [5, 5.41) is 6.63. The van der Waals surface area contributed by atoms with Gasteiger partial charge in [0.1, 0.15) is 5.66 Å². The number of fused-ring (bicyclic) bond motifs is 1. The Bertz CT molecular complexity index is 962. The third-order valence-electron chi connectivity index (χ3n) is 6.19. The minimum Gasteiger partial charge on any atom is -0.370 e. The fourth-order valence-corrected chi connectivity index (χ4v) is 5.40. The quantitative estimate of drug-likeness (QED) is 0.737. The molecule has 1 atom stereocenters. The van der Waals surface area contributed by atoms with Gasteiger partial charge >= 0.3 is 0 Å². The molecular formula is C22H24N4O3S. The molecule has 0 aliphatic carbocycles. The third-order valence-corrected chi connectivity index (χ3v) is 7.18. The number of aromatic nitrogens is 1. The molecule has 2 spiro atoms. The largest absolute Gasteiger partial charge is 0.370 e. The van der Waals surface area contributed by atoms with Gasteiger partial charge in [0.05, 0.1) is 23.5 Å². The van der Waals surface area contributed by atoms with Gasteiger partial charge < -0.3 is 20.3 Å². The highest BCUT2D eigenvalue weighted by Gasteiger charge is 2.53. The predicted molar refractivity (Wildman–Crippen MR) is 114 cm³/mol. The molecule has 4 heterocycles. The smallest absolute Gasteiger partial charge is 0.255 e. The second kappa shape index (κ2) is 7.59. The summed E-state index contributed by atoms with van der Waals surface area (Å²) in [7, 11) is 0. The number of piperidine rings is 1. The molecule has 30 heavy (non-hydrogen) atoms. The summed E-state index contributed by atoms with van der Waals surface area (Å²) in [6.07, 6.45) is 5.73. The summed E-state index contributed by atoms with van der Waals surface area (Å²) in [5.74, 6) is 0.513. The maximum absolute atomic E-state index is 12.6. The van der Waals surface area contributed by atoms with E-state index in [1.54, 1.807) is 12.4 Å². The van der Waals surface area contributed by atoms with Crippen LogP contribution in [-0.2, 0) is 9.53 Å². The summed E-state index contributed by atoms with van der Waals surface area (Å²) < 4.78 is 6.27. The lowest BCUT2D eigenvalue weighted by atomic mass is 9.84. The SMILES string of the molecule is O=C1NC2(COC3(CCN(C(=O)CSc4ccncc4)CC3)C2)Nc2ccccc21. The van der Waals surface area contributed by atoms with E-state index in [2.05, 4.69) is 15.6 Å². The lowest BCUT2D eigenvalue weighted by Gasteiger charge is -2.41. The molecule has 3 aliphatic rings. The molecule has 2 aromatic rings. The van der Waals surface area contributed by atoms with Crippen LogP contribution in [0.5, 0.6) is 0 Å². The van der Waals surface area contributed by atoms with E-state index in [0.29, 0.717) is 37.4 Å². The Labute approximate surface area is 179 Å². The van der Waals surface area contributed by atoms with Crippen LogP contribution in [-0.4, -0.2) is 58.4 Å². The van der Waals surface area contributed by atoms with Gasteiger partial charge in [-0.2, -0.15) is 0 Å². The maximum atomic E-state index is 12.6. The molecule has 1 unspecified atom stereocenters. The summed E-state index contributed by atoms with van der Waals surface area (Å²) >= 11 is 1.54. The van der Waals surface area contributed by atoms with Crippen LogP contribution in [0.3, 0.4) is 0 Å². The molecule has 2 N–H and O–H groups in total. The summed E-state index contributed by atoms with van der Waals surface area (Å²) in [4.78, 5) is 32.2. The van der Waals surface area contributed by atoms with E-state index in [1.807, 2.05) is 41.3 Å². The van der Waals surface area contributed by atoms with Gasteiger partial charge in [-0.1, -0.05) is 12.1 Å². The number of rotatable bonds is 3. The Hall–Kier alpha value is -2.58. The lowest BCUT2D eigenvalue weighted by Crippen LogP contribution is -2.59. The number of likely N-dealkylation sites (tertiary alicyclic amines) is 1. The van der Waals surface area contributed by atoms with Crippen LogP contribution in [0.2, 0.25) is 0 Å². The first-order valence-corrected chi connectivity index (χ1v) is 11.2. The highest BCUT2D eigenvalue weighted by molar-refractivity contribution is 8.00. The number of hydrogen-bond donors (Lipinski definition) is 2. The minimum atomic E-state index is -0.575. The van der Waals surface area contributed by atoms with Crippen molar-refractivity contribution in [2.45, 2.75) is 35.4 Å². The molecule has 2 fully saturated rings. The Morgan fingerprint density at radius 2 is 1.90 bits per heavy atom.